The largest absolute Gasteiger partial charge is 0.490 e. The van der Waals surface area contributed by atoms with Crippen LogP contribution in [0.5, 0.6) is 11.5 Å². The maximum Gasteiger partial charge on any atom is 0.346 e. The molecule has 0 aromatic heterocycles. The van der Waals surface area contributed by atoms with E-state index < -0.39 is 5.97 Å². The molecule has 0 amide bonds. The van der Waals surface area contributed by atoms with E-state index in [-0.39, 0.29) is 11.0 Å². The van der Waals surface area contributed by atoms with Crippen molar-refractivity contribution in [3.63, 3.8) is 0 Å². The van der Waals surface area contributed by atoms with Gasteiger partial charge in [-0.1, -0.05) is 58.0 Å². The predicted octanol–water partition coefficient (Wildman–Crippen LogP) is 5.00. The molecular weight excluding hydrogens is 366 g/mol. The van der Waals surface area contributed by atoms with Crippen molar-refractivity contribution in [1.82, 2.24) is 0 Å². The molecule has 152 valence electrons. The number of benzene rings is 2. The predicted molar refractivity (Wildman–Crippen MR) is 113 cm³/mol. The molecule has 0 saturated carbocycles. The van der Waals surface area contributed by atoms with Crippen LogP contribution in [-0.4, -0.2) is 24.3 Å². The zero-order chi connectivity index (χ0) is 21.4. The first kappa shape index (κ1) is 22.0. The van der Waals surface area contributed by atoms with Crippen molar-refractivity contribution in [3.8, 4) is 17.6 Å². The lowest BCUT2D eigenvalue weighted by molar-refractivity contribution is -0.132. The van der Waals surface area contributed by atoms with Crippen molar-refractivity contribution < 1.29 is 19.4 Å². The topological polar surface area (TPSA) is 79.5 Å². The average molecular weight is 393 g/mol. The molecule has 0 aliphatic rings. The van der Waals surface area contributed by atoms with E-state index in [0.29, 0.717) is 24.5 Å². The minimum Gasteiger partial charge on any atom is -0.490 e. The van der Waals surface area contributed by atoms with Crippen LogP contribution in [-0.2, 0) is 16.6 Å². The zero-order valence-corrected chi connectivity index (χ0v) is 17.4. The Morgan fingerprint density at radius 3 is 2.34 bits per heavy atom. The highest BCUT2D eigenvalue weighted by atomic mass is 16.5. The number of ether oxygens (including phenoxy) is 2. The highest BCUT2D eigenvalue weighted by Crippen LogP contribution is 2.32. The van der Waals surface area contributed by atoms with Gasteiger partial charge >= 0.3 is 5.97 Å². The van der Waals surface area contributed by atoms with Crippen LogP contribution in [0.1, 0.15) is 44.4 Å². The van der Waals surface area contributed by atoms with Gasteiger partial charge in [0.1, 0.15) is 36.4 Å². The van der Waals surface area contributed by atoms with Crippen LogP contribution in [0.3, 0.4) is 0 Å². The zero-order valence-electron chi connectivity index (χ0n) is 17.4. The molecule has 0 atom stereocenters. The summed E-state index contributed by atoms with van der Waals surface area (Å²) < 4.78 is 11.8. The van der Waals surface area contributed by atoms with Crippen LogP contribution in [0, 0.1) is 11.3 Å². The number of carbonyl (C=O) groups is 1. The molecule has 0 unspecified atom stereocenters. The number of carboxylic acids is 1. The Labute approximate surface area is 172 Å². The number of para-hydroxylation sites is 1. The third-order valence-corrected chi connectivity index (χ3v) is 4.43. The first-order valence-corrected chi connectivity index (χ1v) is 9.59. The van der Waals surface area contributed by atoms with Crippen molar-refractivity contribution in [2.45, 2.75) is 39.5 Å². The van der Waals surface area contributed by atoms with E-state index in [1.54, 1.807) is 30.3 Å². The summed E-state index contributed by atoms with van der Waals surface area (Å²) in [5.41, 5.74) is 2.58. The van der Waals surface area contributed by atoms with Gasteiger partial charge in [0, 0.05) is 5.56 Å². The van der Waals surface area contributed by atoms with E-state index in [9.17, 15) is 4.79 Å². The Morgan fingerprint density at radius 2 is 1.76 bits per heavy atom. The van der Waals surface area contributed by atoms with Gasteiger partial charge in [0.15, 0.2) is 0 Å². The smallest absolute Gasteiger partial charge is 0.346 e. The van der Waals surface area contributed by atoms with E-state index in [2.05, 4.69) is 39.8 Å². The highest BCUT2D eigenvalue weighted by Gasteiger charge is 2.19. The van der Waals surface area contributed by atoms with Gasteiger partial charge in [-0.25, -0.2) is 4.79 Å². The standard InChI is InChI=1S/C24H27NO4/c1-5-17-10-11-22(20(14-17)24(2,3)4)29-13-12-28-21-9-7-6-8-18(21)15-19(16-25)23(26)27/h6-11,14-15H,5,12-13H2,1-4H3,(H,26,27). The SMILES string of the molecule is CCc1ccc(OCCOc2ccccc2C=C(C#N)C(=O)O)c(C(C)(C)C)c1. The summed E-state index contributed by atoms with van der Waals surface area (Å²) in [4.78, 5) is 11.1. The van der Waals surface area contributed by atoms with E-state index in [1.807, 2.05) is 6.07 Å². The Balaban J connectivity index is 2.08. The summed E-state index contributed by atoms with van der Waals surface area (Å²) in [6, 6.07) is 14.9. The van der Waals surface area contributed by atoms with E-state index >= 15 is 0 Å². The Bertz CT molecular complexity index is 933. The van der Waals surface area contributed by atoms with Gasteiger partial charge in [0.25, 0.3) is 0 Å². The molecular formula is C24H27NO4. The quantitative estimate of drug-likeness (QED) is 0.388. The van der Waals surface area contributed by atoms with Crippen LogP contribution in [0.25, 0.3) is 6.08 Å². The van der Waals surface area contributed by atoms with Gasteiger partial charge < -0.3 is 14.6 Å². The van der Waals surface area contributed by atoms with Crippen molar-refractivity contribution in [3.05, 3.63) is 64.7 Å². The molecule has 5 nitrogen and oxygen atoms in total. The molecule has 0 saturated heterocycles. The summed E-state index contributed by atoms with van der Waals surface area (Å²) in [7, 11) is 0. The fraction of sp³-hybridized carbons (Fsp3) is 0.333. The second-order valence-electron chi connectivity index (χ2n) is 7.64. The number of nitrogens with zero attached hydrogens (tertiary/aromatic N) is 1. The Hall–Kier alpha value is -3.26. The lowest BCUT2D eigenvalue weighted by atomic mass is 9.85. The van der Waals surface area contributed by atoms with Gasteiger partial charge in [0.2, 0.25) is 0 Å². The van der Waals surface area contributed by atoms with E-state index in [0.717, 1.165) is 17.7 Å². The number of hydrogen-bond acceptors (Lipinski definition) is 4. The molecule has 5 heteroatoms. The number of rotatable bonds is 8. The van der Waals surface area contributed by atoms with Crippen molar-refractivity contribution >= 4 is 12.0 Å². The molecule has 1 N–H and O–H groups in total. The van der Waals surface area contributed by atoms with Gasteiger partial charge in [-0.3, -0.25) is 0 Å². The number of hydrogen-bond donors (Lipinski definition) is 1. The summed E-state index contributed by atoms with van der Waals surface area (Å²) in [6.07, 6.45) is 2.28. The molecule has 0 aliphatic carbocycles. The molecule has 2 aromatic rings. The van der Waals surface area contributed by atoms with Crippen LogP contribution >= 0.6 is 0 Å². The lowest BCUT2D eigenvalue weighted by Crippen LogP contribution is -2.16. The average Bonchev–Trinajstić information content (AvgIpc) is 2.69. The summed E-state index contributed by atoms with van der Waals surface area (Å²) in [5, 5.41) is 18.0. The minimum absolute atomic E-state index is 0.0384. The Kier molecular flexibility index (Phi) is 7.44. The first-order valence-electron chi connectivity index (χ1n) is 9.59. The molecule has 2 rings (SSSR count). The van der Waals surface area contributed by atoms with Crippen LogP contribution in [0.2, 0.25) is 0 Å². The van der Waals surface area contributed by atoms with Gasteiger partial charge in [-0.05, 0) is 41.2 Å². The fourth-order valence-electron chi connectivity index (χ4n) is 2.84. The molecule has 29 heavy (non-hydrogen) atoms. The number of aryl methyl sites for hydroxylation is 1. The van der Waals surface area contributed by atoms with Crippen molar-refractivity contribution in [2.24, 2.45) is 0 Å². The molecule has 0 spiro atoms. The second kappa shape index (κ2) is 9.79. The molecule has 0 heterocycles. The second-order valence-corrected chi connectivity index (χ2v) is 7.64. The summed E-state index contributed by atoms with van der Waals surface area (Å²) in [6.45, 7) is 9.23. The summed E-state index contributed by atoms with van der Waals surface area (Å²) in [5.74, 6) is 0.0717. The molecule has 0 fully saturated rings. The third kappa shape index (κ3) is 6.11. The van der Waals surface area contributed by atoms with Gasteiger partial charge in [0.05, 0.1) is 0 Å². The molecule has 0 aliphatic heterocycles. The highest BCUT2D eigenvalue weighted by molar-refractivity contribution is 5.96. The van der Waals surface area contributed by atoms with Crippen molar-refractivity contribution in [2.75, 3.05) is 13.2 Å². The number of nitriles is 1. The van der Waals surface area contributed by atoms with Crippen molar-refractivity contribution in [1.29, 1.82) is 5.26 Å². The van der Waals surface area contributed by atoms with Crippen LogP contribution in [0.15, 0.2) is 48.0 Å². The van der Waals surface area contributed by atoms with Gasteiger partial charge in [-0.15, -0.1) is 0 Å². The molecule has 0 radical (unpaired) electrons. The summed E-state index contributed by atoms with van der Waals surface area (Å²) >= 11 is 0. The molecule has 2 aromatic carbocycles. The fourth-order valence-corrected chi connectivity index (χ4v) is 2.84. The Morgan fingerprint density at radius 1 is 1.10 bits per heavy atom. The first-order chi connectivity index (χ1) is 13.8. The number of carboxylic acid groups (broad SMARTS) is 1. The van der Waals surface area contributed by atoms with Gasteiger partial charge in [-0.2, -0.15) is 5.26 Å². The number of aliphatic carboxylic acids is 1. The lowest BCUT2D eigenvalue weighted by Gasteiger charge is -2.24. The monoisotopic (exact) mass is 393 g/mol. The minimum atomic E-state index is -1.27. The van der Waals surface area contributed by atoms with Crippen LogP contribution in [0.4, 0.5) is 0 Å². The third-order valence-electron chi connectivity index (χ3n) is 4.43. The molecule has 0 bridgehead atoms. The van der Waals surface area contributed by atoms with Crippen LogP contribution < -0.4 is 9.47 Å². The van der Waals surface area contributed by atoms with E-state index in [4.69, 9.17) is 19.8 Å². The van der Waals surface area contributed by atoms with E-state index in [1.165, 1.54) is 11.6 Å². The normalized spacial score (nSPS) is 11.6. The maximum absolute atomic E-state index is 11.1. The maximum atomic E-state index is 11.1.